The van der Waals surface area contributed by atoms with Crippen molar-refractivity contribution in [2.24, 2.45) is 0 Å². The number of para-hydroxylation sites is 2. The number of oxazole rings is 1. The Hall–Kier alpha value is -3.16. The maximum Gasteiger partial charge on any atom is 0.227 e. The molecule has 8 heteroatoms. The Kier molecular flexibility index (Phi) is 7.19. The summed E-state index contributed by atoms with van der Waals surface area (Å²) in [5.74, 6) is 1.46. The van der Waals surface area contributed by atoms with E-state index in [4.69, 9.17) is 20.8 Å². The van der Waals surface area contributed by atoms with Crippen LogP contribution in [-0.2, 0) is 22.5 Å². The number of benzene rings is 2. The van der Waals surface area contributed by atoms with Gasteiger partial charge < -0.3 is 13.7 Å². The molecule has 4 aromatic rings. The van der Waals surface area contributed by atoms with Gasteiger partial charge in [-0.1, -0.05) is 35.9 Å². The number of hydrogen-bond donors (Lipinski definition) is 1. The predicted molar refractivity (Wildman–Crippen MR) is 125 cm³/mol. The summed E-state index contributed by atoms with van der Waals surface area (Å²) in [5, 5.41) is 3.53. The van der Waals surface area contributed by atoms with Gasteiger partial charge in [0.25, 0.3) is 0 Å². The van der Waals surface area contributed by atoms with E-state index in [9.17, 15) is 4.79 Å². The third-order valence-corrected chi connectivity index (χ3v) is 5.37. The Morgan fingerprint density at radius 3 is 2.84 bits per heavy atom. The number of nitrogens with one attached hydrogen (secondary N) is 1. The number of imidazole rings is 1. The smallest absolute Gasteiger partial charge is 0.227 e. The fraction of sp³-hybridized carbons (Fsp3) is 0.292. The molecule has 0 radical (unpaired) electrons. The van der Waals surface area contributed by atoms with Crippen LogP contribution in [-0.4, -0.2) is 33.7 Å². The second-order valence-corrected chi connectivity index (χ2v) is 7.68. The molecule has 0 aliphatic carbocycles. The van der Waals surface area contributed by atoms with E-state index in [0.717, 1.165) is 23.0 Å². The molecule has 0 aliphatic heterocycles. The van der Waals surface area contributed by atoms with E-state index >= 15 is 0 Å². The summed E-state index contributed by atoms with van der Waals surface area (Å²) in [5.41, 5.74) is 2.60. The topological polar surface area (TPSA) is 82.2 Å². The maximum absolute atomic E-state index is 12.6. The van der Waals surface area contributed by atoms with Crippen molar-refractivity contribution in [3.8, 4) is 11.3 Å². The minimum Gasteiger partial charge on any atom is -0.441 e. The number of aryl methyl sites for hydroxylation is 2. The Balaban J connectivity index is 1.40. The number of amides is 1. The molecule has 2 aromatic carbocycles. The highest BCUT2D eigenvalue weighted by atomic mass is 35.5. The van der Waals surface area contributed by atoms with Gasteiger partial charge in [-0.05, 0) is 37.6 Å². The van der Waals surface area contributed by atoms with Crippen molar-refractivity contribution in [2.75, 3.05) is 18.5 Å². The second-order valence-electron chi connectivity index (χ2n) is 7.27. The zero-order valence-electron chi connectivity index (χ0n) is 17.9. The van der Waals surface area contributed by atoms with Crippen LogP contribution in [0.25, 0.3) is 22.4 Å². The fourth-order valence-electron chi connectivity index (χ4n) is 3.49. The van der Waals surface area contributed by atoms with Gasteiger partial charge in [-0.3, -0.25) is 10.1 Å². The SMILES string of the molecule is CCOCCCn1c(NC(=O)CCc2ncc(-c3ccccc3Cl)o2)nc2ccccc21. The molecule has 1 amide bonds. The van der Waals surface area contributed by atoms with E-state index in [1.807, 2.05) is 54.0 Å². The molecule has 7 nitrogen and oxygen atoms in total. The van der Waals surface area contributed by atoms with Crippen LogP contribution >= 0.6 is 11.6 Å². The van der Waals surface area contributed by atoms with E-state index in [1.165, 1.54) is 0 Å². The standard InChI is InChI=1S/C24H25ClN4O3/c1-2-31-15-7-14-29-20-11-6-5-10-19(20)27-24(29)28-22(30)12-13-23-26-16-21(32-23)17-8-3-4-9-18(17)25/h3-6,8-11,16H,2,7,12-15H2,1H3,(H,27,28,30). The van der Waals surface area contributed by atoms with Crippen molar-refractivity contribution in [2.45, 2.75) is 32.7 Å². The highest BCUT2D eigenvalue weighted by molar-refractivity contribution is 6.33. The Bertz CT molecular complexity index is 1200. The van der Waals surface area contributed by atoms with Crippen LogP contribution < -0.4 is 5.32 Å². The van der Waals surface area contributed by atoms with Crippen molar-refractivity contribution < 1.29 is 13.9 Å². The van der Waals surface area contributed by atoms with Crippen molar-refractivity contribution >= 4 is 34.5 Å². The number of halogens is 1. The zero-order chi connectivity index (χ0) is 22.3. The lowest BCUT2D eigenvalue weighted by atomic mass is 10.2. The first-order chi connectivity index (χ1) is 15.7. The number of aromatic nitrogens is 3. The van der Waals surface area contributed by atoms with Gasteiger partial charge in [0.05, 0.1) is 22.3 Å². The molecule has 0 saturated carbocycles. The lowest BCUT2D eigenvalue weighted by Crippen LogP contribution is -2.17. The highest BCUT2D eigenvalue weighted by Crippen LogP contribution is 2.28. The quantitative estimate of drug-likeness (QED) is 0.328. The third kappa shape index (κ3) is 5.18. The summed E-state index contributed by atoms with van der Waals surface area (Å²) < 4.78 is 13.3. The normalized spacial score (nSPS) is 11.2. The van der Waals surface area contributed by atoms with Crippen LogP contribution in [0.4, 0.5) is 5.95 Å². The van der Waals surface area contributed by atoms with Crippen molar-refractivity contribution in [1.82, 2.24) is 14.5 Å². The highest BCUT2D eigenvalue weighted by Gasteiger charge is 2.15. The molecular formula is C24H25ClN4O3. The number of fused-ring (bicyclic) bond motifs is 1. The van der Waals surface area contributed by atoms with Crippen molar-refractivity contribution in [1.29, 1.82) is 0 Å². The Labute approximate surface area is 191 Å². The van der Waals surface area contributed by atoms with Crippen LogP contribution in [0.5, 0.6) is 0 Å². The summed E-state index contributed by atoms with van der Waals surface area (Å²) >= 11 is 6.22. The monoisotopic (exact) mass is 452 g/mol. The first-order valence-electron chi connectivity index (χ1n) is 10.7. The largest absolute Gasteiger partial charge is 0.441 e. The van der Waals surface area contributed by atoms with Gasteiger partial charge in [-0.2, -0.15) is 0 Å². The lowest BCUT2D eigenvalue weighted by Gasteiger charge is -2.10. The van der Waals surface area contributed by atoms with Crippen molar-refractivity contribution in [3.63, 3.8) is 0 Å². The van der Waals surface area contributed by atoms with Crippen LogP contribution in [0.15, 0.2) is 59.1 Å². The average Bonchev–Trinajstić information content (AvgIpc) is 3.40. The molecule has 166 valence electrons. The van der Waals surface area contributed by atoms with Gasteiger partial charge in [-0.15, -0.1) is 0 Å². The molecule has 2 heterocycles. The average molecular weight is 453 g/mol. The van der Waals surface area contributed by atoms with Crippen LogP contribution in [0.1, 0.15) is 25.7 Å². The number of rotatable bonds is 10. The van der Waals surface area contributed by atoms with E-state index < -0.39 is 0 Å². The van der Waals surface area contributed by atoms with Gasteiger partial charge >= 0.3 is 0 Å². The number of carbonyl (C=O) groups is 1. The maximum atomic E-state index is 12.6. The fourth-order valence-corrected chi connectivity index (χ4v) is 3.71. The number of nitrogens with zero attached hydrogens (tertiary/aromatic N) is 3. The molecule has 0 atom stereocenters. The van der Waals surface area contributed by atoms with E-state index in [1.54, 1.807) is 12.3 Å². The Morgan fingerprint density at radius 1 is 1.19 bits per heavy atom. The molecular weight excluding hydrogens is 428 g/mol. The number of carbonyl (C=O) groups excluding carboxylic acids is 1. The summed E-state index contributed by atoms with van der Waals surface area (Å²) in [6.45, 7) is 4.03. The summed E-state index contributed by atoms with van der Waals surface area (Å²) in [4.78, 5) is 21.5. The molecule has 0 saturated heterocycles. The number of hydrogen-bond acceptors (Lipinski definition) is 5. The van der Waals surface area contributed by atoms with E-state index in [2.05, 4.69) is 15.3 Å². The van der Waals surface area contributed by atoms with Gasteiger partial charge in [0, 0.05) is 38.2 Å². The Morgan fingerprint density at radius 2 is 2.00 bits per heavy atom. The first-order valence-corrected chi connectivity index (χ1v) is 11.1. The van der Waals surface area contributed by atoms with Crippen LogP contribution in [0.3, 0.4) is 0 Å². The number of anilines is 1. The van der Waals surface area contributed by atoms with E-state index in [-0.39, 0.29) is 12.3 Å². The molecule has 4 rings (SSSR count). The van der Waals surface area contributed by atoms with Gasteiger partial charge in [-0.25, -0.2) is 9.97 Å². The molecule has 0 fully saturated rings. The first kappa shape index (κ1) is 22.0. The number of ether oxygens (including phenoxy) is 1. The predicted octanol–water partition coefficient (Wildman–Crippen LogP) is 5.34. The van der Waals surface area contributed by atoms with Gasteiger partial charge in [0.15, 0.2) is 11.7 Å². The minimum absolute atomic E-state index is 0.149. The summed E-state index contributed by atoms with van der Waals surface area (Å²) in [6.07, 6.45) is 3.07. The molecule has 0 unspecified atom stereocenters. The molecule has 0 spiro atoms. The summed E-state index contributed by atoms with van der Waals surface area (Å²) in [7, 11) is 0. The van der Waals surface area contributed by atoms with Gasteiger partial charge in [0.1, 0.15) is 0 Å². The molecule has 2 aromatic heterocycles. The van der Waals surface area contributed by atoms with Crippen LogP contribution in [0.2, 0.25) is 5.02 Å². The molecule has 0 bridgehead atoms. The minimum atomic E-state index is -0.149. The van der Waals surface area contributed by atoms with Crippen LogP contribution in [0, 0.1) is 0 Å². The van der Waals surface area contributed by atoms with Crippen molar-refractivity contribution in [3.05, 3.63) is 65.6 Å². The molecule has 0 aliphatic rings. The van der Waals surface area contributed by atoms with E-state index in [0.29, 0.717) is 48.8 Å². The third-order valence-electron chi connectivity index (χ3n) is 5.04. The second kappa shape index (κ2) is 10.4. The van der Waals surface area contributed by atoms with Gasteiger partial charge in [0.2, 0.25) is 11.9 Å². The zero-order valence-corrected chi connectivity index (χ0v) is 18.6. The summed E-state index contributed by atoms with van der Waals surface area (Å²) in [6, 6.07) is 15.3. The lowest BCUT2D eigenvalue weighted by molar-refractivity contribution is -0.116. The molecule has 1 N–H and O–H groups in total. The molecule has 32 heavy (non-hydrogen) atoms.